The van der Waals surface area contributed by atoms with Gasteiger partial charge in [-0.15, -0.1) is 0 Å². The zero-order chi connectivity index (χ0) is 12.7. The summed E-state index contributed by atoms with van der Waals surface area (Å²) in [6.45, 7) is 5.86. The third kappa shape index (κ3) is 4.27. The van der Waals surface area contributed by atoms with E-state index < -0.39 is 0 Å². The summed E-state index contributed by atoms with van der Waals surface area (Å²) in [7, 11) is 1.62. The minimum Gasteiger partial charge on any atom is -0.493 e. The second-order valence-corrected chi connectivity index (χ2v) is 4.41. The van der Waals surface area contributed by atoms with Gasteiger partial charge in [0.25, 0.3) is 0 Å². The van der Waals surface area contributed by atoms with Crippen LogP contribution >= 0.6 is 15.9 Å². The molecule has 1 aromatic carbocycles. The largest absolute Gasteiger partial charge is 0.493 e. The molecule has 0 fully saturated rings. The molecule has 0 unspecified atom stereocenters. The molecule has 0 N–H and O–H groups in total. The first-order valence-corrected chi connectivity index (χ1v) is 6.34. The van der Waals surface area contributed by atoms with E-state index in [4.69, 9.17) is 9.47 Å². The van der Waals surface area contributed by atoms with E-state index in [1.54, 1.807) is 13.2 Å². The van der Waals surface area contributed by atoms with Crippen molar-refractivity contribution in [3.05, 3.63) is 47.2 Å². The molecule has 92 valence electrons. The van der Waals surface area contributed by atoms with E-state index >= 15 is 0 Å². The number of unbranched alkanes of at least 4 members (excludes halogenated alkanes) is 1. The average Bonchev–Trinajstić information content (AvgIpc) is 2.35. The maximum atomic E-state index is 5.74. The molecule has 0 amide bonds. The Kier molecular flexibility index (Phi) is 5.84. The lowest BCUT2D eigenvalue weighted by Crippen LogP contribution is -1.95. The summed E-state index contributed by atoms with van der Waals surface area (Å²) in [6.07, 6.45) is 5.78. The van der Waals surface area contributed by atoms with E-state index in [1.807, 2.05) is 24.3 Å². The lowest BCUT2D eigenvalue weighted by molar-refractivity contribution is 0.366. The van der Waals surface area contributed by atoms with Crippen LogP contribution in [0.1, 0.15) is 19.8 Å². The minimum atomic E-state index is 0.693. The summed E-state index contributed by atoms with van der Waals surface area (Å²) >= 11 is 3.39. The Bertz CT molecular complexity index is 411. The Morgan fingerprint density at radius 3 is 2.76 bits per heavy atom. The fourth-order valence-corrected chi connectivity index (χ4v) is 1.65. The van der Waals surface area contributed by atoms with Crippen LogP contribution in [0.2, 0.25) is 0 Å². The number of halogens is 1. The third-order valence-corrected chi connectivity index (χ3v) is 2.68. The average molecular weight is 297 g/mol. The maximum Gasteiger partial charge on any atom is 0.169 e. The number of benzene rings is 1. The highest BCUT2D eigenvalue weighted by atomic mass is 79.9. The van der Waals surface area contributed by atoms with Crippen molar-refractivity contribution in [2.75, 3.05) is 7.11 Å². The molecule has 1 rings (SSSR count). The zero-order valence-corrected chi connectivity index (χ0v) is 11.8. The lowest BCUT2D eigenvalue weighted by atomic mass is 10.3. The predicted octanol–water partition coefficient (Wildman–Crippen LogP) is 4.71. The highest BCUT2D eigenvalue weighted by molar-refractivity contribution is 9.10. The molecule has 3 heteroatoms. The van der Waals surface area contributed by atoms with Gasteiger partial charge in [0.2, 0.25) is 0 Å². The van der Waals surface area contributed by atoms with E-state index in [0.29, 0.717) is 11.5 Å². The highest BCUT2D eigenvalue weighted by Crippen LogP contribution is 2.31. The number of allylic oxidation sites excluding steroid dienone is 2. The monoisotopic (exact) mass is 296 g/mol. The van der Waals surface area contributed by atoms with Gasteiger partial charge in [-0.1, -0.05) is 35.9 Å². The van der Waals surface area contributed by atoms with Crippen LogP contribution in [0.15, 0.2) is 47.2 Å². The maximum absolute atomic E-state index is 5.74. The highest BCUT2D eigenvalue weighted by Gasteiger charge is 2.06. The number of methoxy groups -OCH3 is 1. The number of hydrogen-bond donors (Lipinski definition) is 0. The second-order valence-electron chi connectivity index (χ2n) is 3.50. The van der Waals surface area contributed by atoms with Crippen LogP contribution in [0.4, 0.5) is 0 Å². The summed E-state index contributed by atoms with van der Waals surface area (Å²) in [5, 5.41) is 0. The number of hydrogen-bond acceptors (Lipinski definition) is 2. The Hall–Kier alpha value is -1.22. The van der Waals surface area contributed by atoms with Crippen molar-refractivity contribution in [3.8, 4) is 11.5 Å². The van der Waals surface area contributed by atoms with Gasteiger partial charge in [-0.2, -0.15) is 0 Å². The molecule has 0 aliphatic carbocycles. The molecule has 0 heterocycles. The Morgan fingerprint density at radius 2 is 2.18 bits per heavy atom. The molecule has 0 aliphatic heterocycles. The van der Waals surface area contributed by atoms with Crippen LogP contribution in [0.25, 0.3) is 0 Å². The molecule has 0 saturated heterocycles. The molecular weight excluding hydrogens is 280 g/mol. The third-order valence-electron chi connectivity index (χ3n) is 2.19. The van der Waals surface area contributed by atoms with Crippen molar-refractivity contribution in [1.82, 2.24) is 0 Å². The van der Waals surface area contributed by atoms with E-state index in [9.17, 15) is 0 Å². The van der Waals surface area contributed by atoms with Gasteiger partial charge >= 0.3 is 0 Å². The van der Waals surface area contributed by atoms with Gasteiger partial charge < -0.3 is 9.47 Å². The summed E-state index contributed by atoms with van der Waals surface area (Å²) in [5.41, 5.74) is 0. The number of rotatable bonds is 6. The first kappa shape index (κ1) is 13.8. The van der Waals surface area contributed by atoms with Crippen LogP contribution in [0.5, 0.6) is 11.5 Å². The quantitative estimate of drug-likeness (QED) is 0.559. The molecule has 0 atom stereocenters. The van der Waals surface area contributed by atoms with Gasteiger partial charge in [-0.3, -0.25) is 0 Å². The molecule has 0 saturated carbocycles. The Labute approximate surface area is 111 Å². The van der Waals surface area contributed by atoms with Gasteiger partial charge in [-0.05, 0) is 36.8 Å². The molecule has 17 heavy (non-hydrogen) atoms. The van der Waals surface area contributed by atoms with E-state index in [-0.39, 0.29) is 0 Å². The number of ether oxygens (including phenoxy) is 2. The van der Waals surface area contributed by atoms with Crippen molar-refractivity contribution in [2.24, 2.45) is 0 Å². The van der Waals surface area contributed by atoms with Crippen LogP contribution in [-0.2, 0) is 0 Å². The molecule has 1 aromatic rings. The Morgan fingerprint density at radius 1 is 1.41 bits per heavy atom. The van der Waals surface area contributed by atoms with E-state index in [2.05, 4.69) is 29.4 Å². The molecule has 0 spiro atoms. The fraction of sp³-hybridized carbons (Fsp3) is 0.286. The predicted molar refractivity (Wildman–Crippen MR) is 74.5 cm³/mol. The van der Waals surface area contributed by atoms with Crippen molar-refractivity contribution < 1.29 is 9.47 Å². The van der Waals surface area contributed by atoms with Crippen LogP contribution in [0.3, 0.4) is 0 Å². The minimum absolute atomic E-state index is 0.693. The first-order valence-electron chi connectivity index (χ1n) is 5.55. The van der Waals surface area contributed by atoms with Crippen molar-refractivity contribution in [1.29, 1.82) is 0 Å². The summed E-state index contributed by atoms with van der Waals surface area (Å²) in [5.74, 6) is 2.15. The van der Waals surface area contributed by atoms with Gasteiger partial charge in [-0.25, -0.2) is 0 Å². The molecule has 0 aromatic heterocycles. The molecule has 2 nitrogen and oxygen atoms in total. The van der Waals surface area contributed by atoms with Crippen molar-refractivity contribution in [2.45, 2.75) is 19.8 Å². The van der Waals surface area contributed by atoms with Gasteiger partial charge in [0.1, 0.15) is 5.76 Å². The van der Waals surface area contributed by atoms with E-state index in [0.717, 1.165) is 23.1 Å². The normalized spacial score (nSPS) is 11.1. The Balaban J connectivity index is 2.89. The summed E-state index contributed by atoms with van der Waals surface area (Å²) in [4.78, 5) is 0. The first-order chi connectivity index (χ1) is 8.21. The SMILES string of the molecule is C=C/C(=C\CCC)Oc1ccc(Br)cc1OC. The molecule has 0 bridgehead atoms. The van der Waals surface area contributed by atoms with Crippen LogP contribution in [-0.4, -0.2) is 7.11 Å². The van der Waals surface area contributed by atoms with Gasteiger partial charge in [0.05, 0.1) is 7.11 Å². The van der Waals surface area contributed by atoms with Gasteiger partial charge in [0, 0.05) is 4.47 Å². The topological polar surface area (TPSA) is 18.5 Å². The van der Waals surface area contributed by atoms with Gasteiger partial charge in [0.15, 0.2) is 11.5 Å². The molecule has 0 aliphatic rings. The van der Waals surface area contributed by atoms with Crippen molar-refractivity contribution >= 4 is 15.9 Å². The fourth-order valence-electron chi connectivity index (χ4n) is 1.31. The van der Waals surface area contributed by atoms with Crippen molar-refractivity contribution in [3.63, 3.8) is 0 Å². The lowest BCUT2D eigenvalue weighted by Gasteiger charge is -2.11. The second kappa shape index (κ2) is 7.17. The molecule has 0 radical (unpaired) electrons. The smallest absolute Gasteiger partial charge is 0.169 e. The zero-order valence-electron chi connectivity index (χ0n) is 10.2. The standard InChI is InChI=1S/C14H17BrO2/c1-4-6-7-12(5-2)17-13-9-8-11(15)10-14(13)16-3/h5,7-10H,2,4,6H2,1,3H3/b12-7+. The van der Waals surface area contributed by atoms with E-state index in [1.165, 1.54) is 0 Å². The summed E-state index contributed by atoms with van der Waals surface area (Å²) in [6, 6.07) is 5.65. The summed E-state index contributed by atoms with van der Waals surface area (Å²) < 4.78 is 12.0. The molecular formula is C14H17BrO2. The van der Waals surface area contributed by atoms with Crippen LogP contribution in [0, 0.1) is 0 Å². The van der Waals surface area contributed by atoms with Crippen LogP contribution < -0.4 is 9.47 Å².